The molecule has 0 unspecified atom stereocenters. The minimum Gasteiger partial charge on any atom is -0.323 e. The van der Waals surface area contributed by atoms with Gasteiger partial charge in [0.2, 0.25) is 0 Å². The quantitative estimate of drug-likeness (QED) is 0.565. The van der Waals surface area contributed by atoms with E-state index in [9.17, 15) is 0 Å². The zero-order valence-electron chi connectivity index (χ0n) is 3.91. The van der Waals surface area contributed by atoms with E-state index in [1.807, 2.05) is 0 Å². The zero-order chi connectivity index (χ0) is 3.58. The molecule has 0 saturated heterocycles. The molecule has 0 aliphatic carbocycles. The molecule has 0 heterocycles. The summed E-state index contributed by atoms with van der Waals surface area (Å²) >= 11 is 0. The van der Waals surface area contributed by atoms with Gasteiger partial charge in [0.05, 0.1) is 0 Å². The summed E-state index contributed by atoms with van der Waals surface area (Å²) in [6, 6.07) is 0. The molecule has 0 fully saturated rings. The molecule has 0 aromatic rings. The van der Waals surface area contributed by atoms with Gasteiger partial charge >= 0.3 is 0 Å². The molecule has 5 heavy (non-hydrogen) atoms. The molecule has 0 nitrogen and oxygen atoms in total. The van der Waals surface area contributed by atoms with Gasteiger partial charge < -0.3 is 5.92 Å². The first-order valence-corrected chi connectivity index (χ1v) is 1.50. The van der Waals surface area contributed by atoms with Crippen LogP contribution in [0.1, 0.15) is 20.8 Å². The van der Waals surface area contributed by atoms with Gasteiger partial charge in [0.25, 0.3) is 0 Å². The average Bonchev–Trinajstić information content (AvgIpc) is 0.811. The van der Waals surface area contributed by atoms with Gasteiger partial charge in [0.15, 0.2) is 0 Å². The summed E-state index contributed by atoms with van der Waals surface area (Å²) in [6.45, 7) is 6.25. The maximum atomic E-state index is 2.08. The standard InChI is InChI=1S/C4H9.W/c1-4(2)3;/h1-3H3;/q-1;. The second-order valence-electron chi connectivity index (χ2n) is 1.50. The SMILES string of the molecule is C[C-](C)C.[W]. The first kappa shape index (κ1) is 9.19. The van der Waals surface area contributed by atoms with Crippen molar-refractivity contribution in [2.45, 2.75) is 20.8 Å². The van der Waals surface area contributed by atoms with Crippen LogP contribution in [0.15, 0.2) is 0 Å². The van der Waals surface area contributed by atoms with Crippen molar-refractivity contribution in [1.29, 1.82) is 0 Å². The molecule has 32 valence electrons. The first-order chi connectivity index (χ1) is 1.73. The van der Waals surface area contributed by atoms with Gasteiger partial charge in [-0.3, -0.25) is 0 Å². The molecule has 0 aliphatic heterocycles. The summed E-state index contributed by atoms with van der Waals surface area (Å²) in [4.78, 5) is 0. The van der Waals surface area contributed by atoms with E-state index in [1.54, 1.807) is 0 Å². The largest absolute Gasteiger partial charge is 0.323 e. The van der Waals surface area contributed by atoms with Crippen molar-refractivity contribution >= 4 is 0 Å². The maximum absolute atomic E-state index is 2.08. The van der Waals surface area contributed by atoms with E-state index in [1.165, 1.54) is 5.92 Å². The van der Waals surface area contributed by atoms with E-state index in [0.29, 0.717) is 0 Å². The van der Waals surface area contributed by atoms with Crippen LogP contribution in [0.25, 0.3) is 0 Å². The Morgan fingerprint density at radius 2 is 1.00 bits per heavy atom. The van der Waals surface area contributed by atoms with Crippen molar-refractivity contribution in [1.82, 2.24) is 0 Å². The summed E-state index contributed by atoms with van der Waals surface area (Å²) in [7, 11) is 0. The Labute approximate surface area is 48.2 Å². The molecule has 0 saturated carbocycles. The Morgan fingerprint density at radius 1 is 1.00 bits per heavy atom. The Hall–Kier alpha value is 0.688. The van der Waals surface area contributed by atoms with Crippen molar-refractivity contribution in [3.05, 3.63) is 5.92 Å². The van der Waals surface area contributed by atoms with Crippen molar-refractivity contribution in [3.63, 3.8) is 0 Å². The molecular formula is C4H9W-. The van der Waals surface area contributed by atoms with Crippen LogP contribution < -0.4 is 0 Å². The molecule has 0 aromatic heterocycles. The number of hydrogen-bond donors (Lipinski definition) is 0. The summed E-state index contributed by atoms with van der Waals surface area (Å²) in [6.07, 6.45) is 0. The minimum absolute atomic E-state index is 0. The molecule has 1 heteroatoms. The van der Waals surface area contributed by atoms with Gasteiger partial charge in [-0.15, -0.1) is 0 Å². The van der Waals surface area contributed by atoms with Crippen LogP contribution in [0.3, 0.4) is 0 Å². The van der Waals surface area contributed by atoms with Crippen LogP contribution >= 0.6 is 0 Å². The number of rotatable bonds is 0. The fourth-order valence-electron chi connectivity index (χ4n) is 0. The van der Waals surface area contributed by atoms with E-state index in [4.69, 9.17) is 0 Å². The summed E-state index contributed by atoms with van der Waals surface area (Å²) < 4.78 is 0. The first-order valence-electron chi connectivity index (χ1n) is 1.50. The van der Waals surface area contributed by atoms with Gasteiger partial charge in [-0.1, -0.05) is 0 Å². The molecule has 0 N–H and O–H groups in total. The van der Waals surface area contributed by atoms with Crippen LogP contribution in [0, 0.1) is 5.92 Å². The number of hydrogen-bond acceptors (Lipinski definition) is 0. The van der Waals surface area contributed by atoms with Gasteiger partial charge in [0, 0.05) is 21.1 Å². The molecular weight excluding hydrogens is 232 g/mol. The zero-order valence-corrected chi connectivity index (χ0v) is 6.84. The van der Waals surface area contributed by atoms with Gasteiger partial charge in [-0.25, -0.2) is 0 Å². The van der Waals surface area contributed by atoms with Crippen molar-refractivity contribution < 1.29 is 21.1 Å². The van der Waals surface area contributed by atoms with Crippen LogP contribution in [0.2, 0.25) is 0 Å². The average molecular weight is 241 g/mol. The van der Waals surface area contributed by atoms with Crippen LogP contribution in [0.5, 0.6) is 0 Å². The summed E-state index contributed by atoms with van der Waals surface area (Å²) in [5, 5.41) is 0. The van der Waals surface area contributed by atoms with E-state index >= 15 is 0 Å². The Morgan fingerprint density at radius 3 is 1.00 bits per heavy atom. The van der Waals surface area contributed by atoms with E-state index in [2.05, 4.69) is 20.8 Å². The Kier molecular flexibility index (Phi) is 8.62. The third-order valence-corrected chi connectivity index (χ3v) is 0. The second kappa shape index (κ2) is 4.69. The van der Waals surface area contributed by atoms with Crippen molar-refractivity contribution in [2.24, 2.45) is 0 Å². The monoisotopic (exact) mass is 241 g/mol. The molecule has 0 radical (unpaired) electrons. The Bertz CT molecular complexity index is 8.36. The molecule has 0 bridgehead atoms. The van der Waals surface area contributed by atoms with Crippen LogP contribution in [-0.4, -0.2) is 0 Å². The normalized spacial score (nSPS) is 7.20. The summed E-state index contributed by atoms with van der Waals surface area (Å²) in [5.74, 6) is 1.42. The summed E-state index contributed by atoms with van der Waals surface area (Å²) in [5.41, 5.74) is 0. The molecule has 0 aliphatic rings. The van der Waals surface area contributed by atoms with E-state index in [0.717, 1.165) is 0 Å². The van der Waals surface area contributed by atoms with E-state index < -0.39 is 0 Å². The fraction of sp³-hybridized carbons (Fsp3) is 0.750. The molecule has 0 rings (SSSR count). The van der Waals surface area contributed by atoms with Crippen molar-refractivity contribution in [2.75, 3.05) is 0 Å². The third kappa shape index (κ3) is 71.5. The predicted molar refractivity (Wildman–Crippen MR) is 20.3 cm³/mol. The smallest absolute Gasteiger partial charge is 0 e. The van der Waals surface area contributed by atoms with Crippen molar-refractivity contribution in [3.8, 4) is 0 Å². The molecule has 0 atom stereocenters. The molecule has 0 aromatic carbocycles. The molecule has 0 spiro atoms. The van der Waals surface area contributed by atoms with E-state index in [-0.39, 0.29) is 21.1 Å². The van der Waals surface area contributed by atoms with Gasteiger partial charge in [-0.05, 0) is 0 Å². The van der Waals surface area contributed by atoms with Crippen LogP contribution in [-0.2, 0) is 21.1 Å². The second-order valence-corrected chi connectivity index (χ2v) is 1.50. The fourth-order valence-corrected chi connectivity index (χ4v) is 0. The Balaban J connectivity index is 0. The molecule has 0 amide bonds. The van der Waals surface area contributed by atoms with Crippen LogP contribution in [0.4, 0.5) is 0 Å². The third-order valence-electron chi connectivity index (χ3n) is 0. The van der Waals surface area contributed by atoms with Gasteiger partial charge in [0.1, 0.15) is 0 Å². The predicted octanol–water partition coefficient (Wildman–Crippen LogP) is 1.62. The topological polar surface area (TPSA) is 0 Å². The van der Waals surface area contributed by atoms with Gasteiger partial charge in [-0.2, -0.15) is 20.8 Å². The maximum Gasteiger partial charge on any atom is 0 e. The minimum atomic E-state index is 0.